The van der Waals surface area contributed by atoms with Crippen molar-refractivity contribution in [2.45, 2.75) is 20.4 Å². The summed E-state index contributed by atoms with van der Waals surface area (Å²) in [6, 6.07) is 1.64. The number of thiophene rings is 1. The van der Waals surface area contributed by atoms with Crippen LogP contribution in [0.25, 0.3) is 0 Å². The minimum atomic E-state index is -0.428. The van der Waals surface area contributed by atoms with Gasteiger partial charge in [-0.2, -0.15) is 0 Å². The van der Waals surface area contributed by atoms with Gasteiger partial charge in [0.25, 0.3) is 0 Å². The van der Waals surface area contributed by atoms with Gasteiger partial charge in [0.1, 0.15) is 17.4 Å². The first-order chi connectivity index (χ1) is 9.61. The molecule has 0 aliphatic rings. The first-order valence-corrected chi connectivity index (χ1v) is 7.02. The zero-order valence-electron chi connectivity index (χ0n) is 11.3. The molecule has 106 valence electrons. The number of aromatic nitrogens is 2. The molecular formula is C13H15N3O3S. The van der Waals surface area contributed by atoms with Crippen molar-refractivity contribution >= 4 is 28.2 Å². The molecule has 0 saturated carbocycles. The number of nitrogens with zero attached hydrogens (tertiary/aromatic N) is 2. The second kappa shape index (κ2) is 6.33. The van der Waals surface area contributed by atoms with E-state index < -0.39 is 5.97 Å². The number of nitrogens with one attached hydrogen (secondary N) is 1. The number of imidazole rings is 1. The Labute approximate surface area is 120 Å². The fourth-order valence-corrected chi connectivity index (χ4v) is 2.46. The van der Waals surface area contributed by atoms with Crippen molar-refractivity contribution in [3.63, 3.8) is 0 Å². The van der Waals surface area contributed by atoms with Crippen LogP contribution in [0.4, 0.5) is 5.00 Å². The van der Waals surface area contributed by atoms with Crippen molar-refractivity contribution in [1.29, 1.82) is 0 Å². The molecule has 0 spiro atoms. The molecule has 0 radical (unpaired) electrons. The first kappa shape index (κ1) is 14.3. The van der Waals surface area contributed by atoms with Crippen LogP contribution in [0.5, 0.6) is 0 Å². The maximum absolute atomic E-state index is 12.0. The van der Waals surface area contributed by atoms with Crippen LogP contribution < -0.4 is 5.32 Å². The highest BCUT2D eigenvalue weighted by Crippen LogP contribution is 2.24. The summed E-state index contributed by atoms with van der Waals surface area (Å²) in [4.78, 5) is 27.7. The third-order valence-electron chi connectivity index (χ3n) is 2.65. The van der Waals surface area contributed by atoms with Crippen molar-refractivity contribution < 1.29 is 14.3 Å². The monoisotopic (exact) mass is 293 g/mol. The average Bonchev–Trinajstić information content (AvgIpc) is 3.00. The normalized spacial score (nSPS) is 10.3. The van der Waals surface area contributed by atoms with E-state index in [0.717, 1.165) is 5.82 Å². The molecule has 0 fully saturated rings. The zero-order chi connectivity index (χ0) is 14.5. The van der Waals surface area contributed by atoms with Crippen LogP contribution in [0.1, 0.15) is 23.1 Å². The van der Waals surface area contributed by atoms with E-state index in [-0.39, 0.29) is 12.5 Å². The van der Waals surface area contributed by atoms with Crippen molar-refractivity contribution in [3.05, 3.63) is 35.2 Å². The van der Waals surface area contributed by atoms with Crippen LogP contribution in [-0.4, -0.2) is 28.0 Å². The summed E-state index contributed by atoms with van der Waals surface area (Å²) in [5, 5.41) is 4.97. The minimum absolute atomic E-state index is 0.159. The molecule has 0 saturated heterocycles. The molecule has 0 aromatic carbocycles. The quantitative estimate of drug-likeness (QED) is 0.856. The summed E-state index contributed by atoms with van der Waals surface area (Å²) >= 11 is 1.29. The van der Waals surface area contributed by atoms with E-state index in [0.29, 0.717) is 17.2 Å². The molecule has 0 bridgehead atoms. The lowest BCUT2D eigenvalue weighted by molar-refractivity contribution is -0.116. The molecule has 0 aliphatic carbocycles. The van der Waals surface area contributed by atoms with E-state index in [1.165, 1.54) is 11.3 Å². The molecule has 6 nitrogen and oxygen atoms in total. The Hall–Kier alpha value is -2.15. The Morgan fingerprint density at radius 3 is 2.95 bits per heavy atom. The van der Waals surface area contributed by atoms with Gasteiger partial charge in [-0.05, 0) is 25.3 Å². The molecule has 2 rings (SSSR count). The van der Waals surface area contributed by atoms with Gasteiger partial charge >= 0.3 is 5.97 Å². The van der Waals surface area contributed by atoms with Crippen LogP contribution in [0, 0.1) is 6.92 Å². The molecule has 0 unspecified atom stereocenters. The van der Waals surface area contributed by atoms with Gasteiger partial charge in [-0.15, -0.1) is 11.3 Å². The molecule has 2 aromatic rings. The fourth-order valence-electron chi connectivity index (χ4n) is 1.67. The second-order valence-electron chi connectivity index (χ2n) is 4.03. The summed E-state index contributed by atoms with van der Waals surface area (Å²) in [7, 11) is 0. The van der Waals surface area contributed by atoms with Crippen LogP contribution in [0.3, 0.4) is 0 Å². The molecule has 1 N–H and O–H groups in total. The fraction of sp³-hybridized carbons (Fsp3) is 0.308. The van der Waals surface area contributed by atoms with Gasteiger partial charge in [0.15, 0.2) is 0 Å². The maximum Gasteiger partial charge on any atom is 0.341 e. The molecule has 0 atom stereocenters. The van der Waals surface area contributed by atoms with Crippen LogP contribution in [0.2, 0.25) is 0 Å². The molecule has 20 heavy (non-hydrogen) atoms. The van der Waals surface area contributed by atoms with E-state index in [1.807, 2.05) is 6.92 Å². The molecule has 1 amide bonds. The predicted octanol–water partition coefficient (Wildman–Crippen LogP) is 2.07. The standard InChI is InChI=1S/C13H15N3O3S/c1-3-19-13(18)10-4-7-20-12(10)15-11(17)8-16-6-5-14-9(16)2/h4-7H,3,8H2,1-2H3,(H,15,17). The predicted molar refractivity (Wildman–Crippen MR) is 75.9 cm³/mol. The van der Waals surface area contributed by atoms with Crippen molar-refractivity contribution in [3.8, 4) is 0 Å². The number of rotatable bonds is 5. The van der Waals surface area contributed by atoms with Crippen LogP contribution >= 0.6 is 11.3 Å². The van der Waals surface area contributed by atoms with Gasteiger partial charge < -0.3 is 14.6 Å². The lowest BCUT2D eigenvalue weighted by Crippen LogP contribution is -2.20. The number of anilines is 1. The van der Waals surface area contributed by atoms with E-state index >= 15 is 0 Å². The topological polar surface area (TPSA) is 73.2 Å². The van der Waals surface area contributed by atoms with Gasteiger partial charge in [0.05, 0.1) is 12.2 Å². The third-order valence-corrected chi connectivity index (χ3v) is 3.48. The largest absolute Gasteiger partial charge is 0.462 e. The van der Waals surface area contributed by atoms with Gasteiger partial charge in [-0.25, -0.2) is 9.78 Å². The molecule has 7 heteroatoms. The number of amides is 1. The highest BCUT2D eigenvalue weighted by atomic mass is 32.1. The van der Waals surface area contributed by atoms with Gasteiger partial charge in [-0.3, -0.25) is 4.79 Å². The lowest BCUT2D eigenvalue weighted by atomic mass is 10.3. The molecule has 2 aromatic heterocycles. The van der Waals surface area contributed by atoms with Crippen LogP contribution in [-0.2, 0) is 16.1 Å². The smallest absolute Gasteiger partial charge is 0.341 e. The second-order valence-corrected chi connectivity index (χ2v) is 4.95. The Bertz CT molecular complexity index is 618. The highest BCUT2D eigenvalue weighted by molar-refractivity contribution is 7.14. The van der Waals surface area contributed by atoms with Crippen molar-refractivity contribution in [2.75, 3.05) is 11.9 Å². The van der Waals surface area contributed by atoms with Gasteiger partial charge in [0.2, 0.25) is 5.91 Å². The maximum atomic E-state index is 12.0. The third kappa shape index (κ3) is 3.24. The van der Waals surface area contributed by atoms with E-state index in [2.05, 4.69) is 10.3 Å². The zero-order valence-corrected chi connectivity index (χ0v) is 12.1. The van der Waals surface area contributed by atoms with Crippen molar-refractivity contribution in [1.82, 2.24) is 9.55 Å². The number of aryl methyl sites for hydroxylation is 1. The number of hydrogen-bond donors (Lipinski definition) is 1. The highest BCUT2D eigenvalue weighted by Gasteiger charge is 2.16. The van der Waals surface area contributed by atoms with Gasteiger partial charge in [0, 0.05) is 12.4 Å². The minimum Gasteiger partial charge on any atom is -0.462 e. The summed E-state index contributed by atoms with van der Waals surface area (Å²) in [5.41, 5.74) is 0.382. The number of carbonyl (C=O) groups is 2. The first-order valence-electron chi connectivity index (χ1n) is 6.14. The Morgan fingerprint density at radius 1 is 1.50 bits per heavy atom. The van der Waals surface area contributed by atoms with E-state index in [4.69, 9.17) is 4.74 Å². The summed E-state index contributed by atoms with van der Waals surface area (Å²) in [5.74, 6) is 0.124. The van der Waals surface area contributed by atoms with Crippen LogP contribution in [0.15, 0.2) is 23.8 Å². The SMILES string of the molecule is CCOC(=O)c1ccsc1NC(=O)Cn1ccnc1C. The molecular weight excluding hydrogens is 278 g/mol. The number of esters is 1. The van der Waals surface area contributed by atoms with Gasteiger partial charge in [-0.1, -0.05) is 0 Å². The number of ether oxygens (including phenoxy) is 1. The Morgan fingerprint density at radius 2 is 2.30 bits per heavy atom. The van der Waals surface area contributed by atoms with Crippen molar-refractivity contribution in [2.24, 2.45) is 0 Å². The van der Waals surface area contributed by atoms with E-state index in [9.17, 15) is 9.59 Å². The Kier molecular flexibility index (Phi) is 4.52. The lowest BCUT2D eigenvalue weighted by Gasteiger charge is -2.07. The Balaban J connectivity index is 2.03. The van der Waals surface area contributed by atoms with E-state index in [1.54, 1.807) is 35.3 Å². The summed E-state index contributed by atoms with van der Waals surface area (Å²) in [6.07, 6.45) is 3.37. The number of carbonyl (C=O) groups excluding carboxylic acids is 2. The number of hydrogen-bond acceptors (Lipinski definition) is 5. The summed E-state index contributed by atoms with van der Waals surface area (Å²) in [6.45, 7) is 4.02. The molecule has 2 heterocycles. The summed E-state index contributed by atoms with van der Waals surface area (Å²) < 4.78 is 6.66. The average molecular weight is 293 g/mol. The molecule has 0 aliphatic heterocycles.